The molecule has 2 aromatic rings. The molecule has 1 heterocycles. The van der Waals surface area contributed by atoms with Crippen LogP contribution < -0.4 is 10.1 Å². The summed E-state index contributed by atoms with van der Waals surface area (Å²) in [4.78, 5) is 11.3. The number of furan rings is 1. The Bertz CT molecular complexity index is 604. The molecule has 0 amide bonds. The largest absolute Gasteiger partial charge is 0.496 e. The number of carbonyl (C=O) groups excluding carboxylic acids is 1. The third-order valence-corrected chi connectivity index (χ3v) is 2.91. The zero-order chi connectivity index (χ0) is 14.5. The normalized spacial score (nSPS) is 10.2. The van der Waals surface area contributed by atoms with Crippen LogP contribution in [0.4, 0.5) is 5.69 Å². The summed E-state index contributed by atoms with van der Waals surface area (Å²) in [6.45, 7) is 2.47. The zero-order valence-electron chi connectivity index (χ0n) is 11.7. The van der Waals surface area contributed by atoms with Gasteiger partial charge in [-0.2, -0.15) is 0 Å². The third kappa shape index (κ3) is 3.12. The SMILES string of the molecule is COC(=O)c1ccc(CNc2ccc(OC)c(C)c2)o1. The number of hydrogen-bond acceptors (Lipinski definition) is 5. The summed E-state index contributed by atoms with van der Waals surface area (Å²) >= 11 is 0. The van der Waals surface area contributed by atoms with Gasteiger partial charge in [0.15, 0.2) is 0 Å². The number of hydrogen-bond donors (Lipinski definition) is 1. The molecule has 5 nitrogen and oxygen atoms in total. The second-order valence-electron chi connectivity index (χ2n) is 4.30. The van der Waals surface area contributed by atoms with E-state index in [-0.39, 0.29) is 5.76 Å². The lowest BCUT2D eigenvalue weighted by atomic mass is 10.2. The minimum absolute atomic E-state index is 0.204. The molecule has 0 spiro atoms. The Labute approximate surface area is 117 Å². The van der Waals surface area contributed by atoms with Crippen molar-refractivity contribution in [2.24, 2.45) is 0 Å². The van der Waals surface area contributed by atoms with Gasteiger partial charge in [-0.25, -0.2) is 4.79 Å². The second kappa shape index (κ2) is 6.14. The van der Waals surface area contributed by atoms with Crippen molar-refractivity contribution < 1.29 is 18.7 Å². The molecule has 0 atom stereocenters. The number of aryl methyl sites for hydroxylation is 1. The lowest BCUT2D eigenvalue weighted by Crippen LogP contribution is -2.00. The first-order valence-electron chi connectivity index (χ1n) is 6.19. The number of nitrogens with one attached hydrogen (secondary N) is 1. The van der Waals surface area contributed by atoms with Crippen LogP contribution in [0.15, 0.2) is 34.7 Å². The van der Waals surface area contributed by atoms with E-state index in [1.54, 1.807) is 19.2 Å². The van der Waals surface area contributed by atoms with Crippen LogP contribution >= 0.6 is 0 Å². The highest BCUT2D eigenvalue weighted by Crippen LogP contribution is 2.22. The molecule has 0 radical (unpaired) electrons. The average molecular weight is 275 g/mol. The zero-order valence-corrected chi connectivity index (χ0v) is 11.7. The molecule has 0 saturated carbocycles. The first-order valence-corrected chi connectivity index (χ1v) is 6.19. The van der Waals surface area contributed by atoms with Crippen LogP contribution in [0, 0.1) is 6.92 Å². The molecule has 0 aliphatic rings. The smallest absolute Gasteiger partial charge is 0.373 e. The molecule has 0 bridgehead atoms. The van der Waals surface area contributed by atoms with Crippen molar-refractivity contribution in [3.8, 4) is 5.75 Å². The quantitative estimate of drug-likeness (QED) is 0.850. The van der Waals surface area contributed by atoms with E-state index in [4.69, 9.17) is 9.15 Å². The molecule has 1 aromatic heterocycles. The van der Waals surface area contributed by atoms with Crippen LogP contribution in [-0.2, 0) is 11.3 Å². The summed E-state index contributed by atoms with van der Waals surface area (Å²) in [5.41, 5.74) is 2.01. The Morgan fingerprint density at radius 1 is 1.25 bits per heavy atom. The van der Waals surface area contributed by atoms with Gasteiger partial charge in [0.25, 0.3) is 0 Å². The molecule has 106 valence electrons. The number of methoxy groups -OCH3 is 2. The molecule has 20 heavy (non-hydrogen) atoms. The second-order valence-corrected chi connectivity index (χ2v) is 4.30. The number of ether oxygens (including phenoxy) is 2. The summed E-state index contributed by atoms with van der Waals surface area (Å²) < 4.78 is 15.2. The molecule has 0 aliphatic heterocycles. The molecule has 0 saturated heterocycles. The van der Waals surface area contributed by atoms with Crippen LogP contribution in [0.2, 0.25) is 0 Å². The summed E-state index contributed by atoms with van der Waals surface area (Å²) in [6, 6.07) is 9.16. The van der Waals surface area contributed by atoms with Gasteiger partial charge in [-0.3, -0.25) is 0 Å². The Morgan fingerprint density at radius 3 is 2.70 bits per heavy atom. The molecule has 1 aromatic carbocycles. The predicted octanol–water partition coefficient (Wildman–Crippen LogP) is 3.00. The molecule has 1 N–H and O–H groups in total. The molecule has 0 fully saturated rings. The maximum absolute atomic E-state index is 11.3. The highest BCUT2D eigenvalue weighted by atomic mass is 16.5. The van der Waals surface area contributed by atoms with Gasteiger partial charge in [0, 0.05) is 5.69 Å². The van der Waals surface area contributed by atoms with Crippen molar-refractivity contribution in [1.82, 2.24) is 0 Å². The minimum atomic E-state index is -0.475. The van der Waals surface area contributed by atoms with Crippen LogP contribution in [0.3, 0.4) is 0 Å². The molecule has 5 heteroatoms. The van der Waals surface area contributed by atoms with Gasteiger partial charge in [-0.05, 0) is 42.8 Å². The number of anilines is 1. The summed E-state index contributed by atoms with van der Waals surface area (Å²) in [6.07, 6.45) is 0. The first-order chi connectivity index (χ1) is 9.63. The van der Waals surface area contributed by atoms with Gasteiger partial charge < -0.3 is 19.2 Å². The van der Waals surface area contributed by atoms with Crippen molar-refractivity contribution in [2.45, 2.75) is 13.5 Å². The van der Waals surface area contributed by atoms with Crippen molar-refractivity contribution in [1.29, 1.82) is 0 Å². The molecule has 0 unspecified atom stereocenters. The highest BCUT2D eigenvalue weighted by Gasteiger charge is 2.10. The number of esters is 1. The van der Waals surface area contributed by atoms with Crippen molar-refractivity contribution >= 4 is 11.7 Å². The lowest BCUT2D eigenvalue weighted by Gasteiger charge is -2.08. The fraction of sp³-hybridized carbons (Fsp3) is 0.267. The topological polar surface area (TPSA) is 60.7 Å². The summed E-state index contributed by atoms with van der Waals surface area (Å²) in [7, 11) is 2.97. The predicted molar refractivity (Wildman–Crippen MR) is 75.1 cm³/mol. The summed E-state index contributed by atoms with van der Waals surface area (Å²) in [5, 5.41) is 3.22. The average Bonchev–Trinajstić information content (AvgIpc) is 2.93. The fourth-order valence-corrected chi connectivity index (χ4v) is 1.86. The van der Waals surface area contributed by atoms with Crippen LogP contribution in [0.1, 0.15) is 21.9 Å². The Hall–Kier alpha value is -2.43. The minimum Gasteiger partial charge on any atom is -0.496 e. The van der Waals surface area contributed by atoms with E-state index in [1.807, 2.05) is 25.1 Å². The fourth-order valence-electron chi connectivity index (χ4n) is 1.86. The molecular formula is C15H17NO4. The number of benzene rings is 1. The van der Waals surface area contributed by atoms with E-state index < -0.39 is 5.97 Å². The molecular weight excluding hydrogens is 258 g/mol. The maximum atomic E-state index is 11.3. The summed E-state index contributed by atoms with van der Waals surface area (Å²) in [5.74, 6) is 1.24. The Balaban J connectivity index is 2.00. The van der Waals surface area contributed by atoms with E-state index in [1.165, 1.54) is 7.11 Å². The number of carbonyl (C=O) groups is 1. The molecule has 2 rings (SSSR count). The third-order valence-electron chi connectivity index (χ3n) is 2.91. The van der Waals surface area contributed by atoms with Crippen LogP contribution in [0.25, 0.3) is 0 Å². The van der Waals surface area contributed by atoms with Gasteiger partial charge in [0.1, 0.15) is 11.5 Å². The Morgan fingerprint density at radius 2 is 2.05 bits per heavy atom. The van der Waals surface area contributed by atoms with E-state index in [0.717, 1.165) is 17.0 Å². The van der Waals surface area contributed by atoms with E-state index in [9.17, 15) is 4.79 Å². The van der Waals surface area contributed by atoms with Crippen molar-refractivity contribution in [3.05, 3.63) is 47.4 Å². The molecule has 0 aliphatic carbocycles. The standard InChI is InChI=1S/C15H17NO4/c1-10-8-11(4-6-13(10)18-2)16-9-12-5-7-14(20-12)15(17)19-3/h4-8,16H,9H2,1-3H3. The lowest BCUT2D eigenvalue weighted by molar-refractivity contribution is 0.0563. The maximum Gasteiger partial charge on any atom is 0.373 e. The van der Waals surface area contributed by atoms with Crippen molar-refractivity contribution in [2.75, 3.05) is 19.5 Å². The van der Waals surface area contributed by atoms with Crippen LogP contribution in [-0.4, -0.2) is 20.2 Å². The monoisotopic (exact) mass is 275 g/mol. The van der Waals surface area contributed by atoms with Gasteiger partial charge in [0.05, 0.1) is 20.8 Å². The first kappa shape index (κ1) is 14.0. The van der Waals surface area contributed by atoms with Gasteiger partial charge in [-0.1, -0.05) is 0 Å². The van der Waals surface area contributed by atoms with Gasteiger partial charge in [-0.15, -0.1) is 0 Å². The number of rotatable bonds is 5. The Kier molecular flexibility index (Phi) is 4.30. The van der Waals surface area contributed by atoms with E-state index in [2.05, 4.69) is 10.1 Å². The van der Waals surface area contributed by atoms with Gasteiger partial charge in [0.2, 0.25) is 5.76 Å². The highest BCUT2D eigenvalue weighted by molar-refractivity contribution is 5.86. The van der Waals surface area contributed by atoms with Gasteiger partial charge >= 0.3 is 5.97 Å². The van der Waals surface area contributed by atoms with E-state index in [0.29, 0.717) is 12.3 Å². The van der Waals surface area contributed by atoms with Crippen molar-refractivity contribution in [3.63, 3.8) is 0 Å². The van der Waals surface area contributed by atoms with E-state index >= 15 is 0 Å². The van der Waals surface area contributed by atoms with Crippen LogP contribution in [0.5, 0.6) is 5.75 Å².